The van der Waals surface area contributed by atoms with Gasteiger partial charge in [-0.25, -0.2) is 12.8 Å². The van der Waals surface area contributed by atoms with Gasteiger partial charge in [0.05, 0.1) is 18.6 Å². The van der Waals surface area contributed by atoms with Crippen molar-refractivity contribution in [2.24, 2.45) is 11.8 Å². The van der Waals surface area contributed by atoms with Crippen molar-refractivity contribution in [2.75, 3.05) is 54.6 Å². The molecule has 1 unspecified atom stereocenters. The maximum absolute atomic E-state index is 13.8. The molecule has 8 nitrogen and oxygen atoms in total. The lowest BCUT2D eigenvalue weighted by molar-refractivity contribution is -0.126. The Kier molecular flexibility index (Phi) is 11.1. The summed E-state index contributed by atoms with van der Waals surface area (Å²) in [7, 11) is 3.42. The van der Waals surface area contributed by atoms with Crippen LogP contribution in [-0.2, 0) is 19.6 Å². The van der Waals surface area contributed by atoms with Crippen molar-refractivity contribution in [3.8, 4) is 5.75 Å². The highest BCUT2D eigenvalue weighted by Crippen LogP contribution is 2.39. The van der Waals surface area contributed by atoms with Crippen molar-refractivity contribution in [3.05, 3.63) is 59.9 Å². The normalized spacial score (nSPS) is 18.9. The summed E-state index contributed by atoms with van der Waals surface area (Å²) in [6.07, 6.45) is 4.04. The number of benzene rings is 2. The van der Waals surface area contributed by atoms with Gasteiger partial charge in [-0.3, -0.25) is 4.79 Å². The van der Waals surface area contributed by atoms with E-state index in [4.69, 9.17) is 9.47 Å². The van der Waals surface area contributed by atoms with Crippen LogP contribution in [0.1, 0.15) is 37.3 Å². The van der Waals surface area contributed by atoms with Crippen molar-refractivity contribution in [2.45, 2.75) is 36.6 Å². The van der Waals surface area contributed by atoms with Crippen LogP contribution in [0.5, 0.6) is 5.75 Å². The number of likely N-dealkylation sites (N-methyl/N-ethyl adjacent to an activating group) is 1. The summed E-state index contributed by atoms with van der Waals surface area (Å²) in [5.41, 5.74) is 1.01. The lowest BCUT2D eigenvalue weighted by atomic mass is 9.76. The van der Waals surface area contributed by atoms with Gasteiger partial charge in [-0.2, -0.15) is 4.31 Å². The summed E-state index contributed by atoms with van der Waals surface area (Å²) in [4.78, 5) is 14.6. The number of rotatable bonds is 13. The van der Waals surface area contributed by atoms with Gasteiger partial charge < -0.3 is 19.7 Å². The number of hydrogen-bond acceptors (Lipinski definition) is 6. The molecule has 1 aliphatic carbocycles. The fraction of sp³-hybridized carbons (Fsp3) is 0.536. The summed E-state index contributed by atoms with van der Waals surface area (Å²) < 4.78 is 50.8. The summed E-state index contributed by atoms with van der Waals surface area (Å²) in [6, 6.07) is 13.2. The van der Waals surface area contributed by atoms with Crippen LogP contribution in [0.15, 0.2) is 53.4 Å². The van der Waals surface area contributed by atoms with Crippen molar-refractivity contribution in [1.82, 2.24) is 14.5 Å². The summed E-state index contributed by atoms with van der Waals surface area (Å²) in [5.74, 6) is 0.993. The molecule has 0 heterocycles. The van der Waals surface area contributed by atoms with Gasteiger partial charge in [-0.05, 0) is 93.6 Å². The molecule has 1 atom stereocenters. The van der Waals surface area contributed by atoms with Crippen molar-refractivity contribution in [3.63, 3.8) is 0 Å². The molecular formula is C28H40FN3O5S. The Bertz CT molecular complexity index is 1140. The van der Waals surface area contributed by atoms with E-state index in [0.717, 1.165) is 31.2 Å². The SMILES string of the molecule is COc1ccc(S(=O)(=O)N(C)CCOCC(=O)NCC2CCC(C(c3cccc(F)c3)N(C)C)CC2)cc1. The minimum atomic E-state index is -3.65. The van der Waals surface area contributed by atoms with E-state index < -0.39 is 10.0 Å². The first-order valence-corrected chi connectivity index (χ1v) is 14.4. The van der Waals surface area contributed by atoms with Gasteiger partial charge in [0, 0.05) is 26.2 Å². The van der Waals surface area contributed by atoms with Crippen molar-refractivity contribution < 1.29 is 27.1 Å². The molecule has 210 valence electrons. The molecule has 0 spiro atoms. The molecule has 0 aliphatic heterocycles. The fourth-order valence-electron chi connectivity index (χ4n) is 5.11. The molecule has 0 saturated heterocycles. The largest absolute Gasteiger partial charge is 0.497 e. The highest BCUT2D eigenvalue weighted by Gasteiger charge is 2.30. The maximum atomic E-state index is 13.8. The molecular weight excluding hydrogens is 509 g/mol. The van der Waals surface area contributed by atoms with Crippen LogP contribution in [-0.4, -0.2) is 78.1 Å². The van der Waals surface area contributed by atoms with Crippen LogP contribution in [0.3, 0.4) is 0 Å². The third-order valence-electron chi connectivity index (χ3n) is 7.22. The van der Waals surface area contributed by atoms with Crippen LogP contribution in [0.25, 0.3) is 0 Å². The second kappa shape index (κ2) is 14.0. The quantitative estimate of drug-likeness (QED) is 0.384. The average molecular weight is 550 g/mol. The molecule has 0 radical (unpaired) electrons. The Hall–Kier alpha value is -2.53. The van der Waals surface area contributed by atoms with Gasteiger partial charge in [0.15, 0.2) is 0 Å². The van der Waals surface area contributed by atoms with E-state index in [1.54, 1.807) is 24.3 Å². The number of sulfonamides is 1. The zero-order valence-corrected chi connectivity index (χ0v) is 23.5. The number of amides is 1. The molecule has 1 fully saturated rings. The zero-order chi connectivity index (χ0) is 27.7. The van der Waals surface area contributed by atoms with Crippen molar-refractivity contribution >= 4 is 15.9 Å². The molecule has 2 aromatic rings. The van der Waals surface area contributed by atoms with E-state index in [1.807, 2.05) is 20.2 Å². The molecule has 1 saturated carbocycles. The molecule has 1 aliphatic rings. The first-order valence-electron chi connectivity index (χ1n) is 13.0. The van der Waals surface area contributed by atoms with Crippen LogP contribution in [0.2, 0.25) is 0 Å². The van der Waals surface area contributed by atoms with Gasteiger partial charge in [-0.15, -0.1) is 0 Å². The molecule has 1 N–H and O–H groups in total. The molecule has 0 bridgehead atoms. The van der Waals surface area contributed by atoms with E-state index in [1.165, 1.54) is 36.7 Å². The third-order valence-corrected chi connectivity index (χ3v) is 9.09. The maximum Gasteiger partial charge on any atom is 0.246 e. The first-order chi connectivity index (χ1) is 18.1. The lowest BCUT2D eigenvalue weighted by Crippen LogP contribution is -2.36. The number of halogens is 1. The van der Waals surface area contributed by atoms with Gasteiger partial charge in [0.25, 0.3) is 0 Å². The number of nitrogens with one attached hydrogen (secondary N) is 1. The number of hydrogen-bond donors (Lipinski definition) is 1. The van der Waals surface area contributed by atoms with E-state index in [0.29, 0.717) is 24.1 Å². The van der Waals surface area contributed by atoms with Crippen LogP contribution in [0.4, 0.5) is 4.39 Å². The Labute approximate surface area is 226 Å². The minimum Gasteiger partial charge on any atom is -0.497 e. The minimum absolute atomic E-state index is 0.108. The number of ether oxygens (including phenoxy) is 2. The molecule has 38 heavy (non-hydrogen) atoms. The molecule has 3 rings (SSSR count). The van der Waals surface area contributed by atoms with E-state index >= 15 is 0 Å². The second-order valence-corrected chi connectivity index (χ2v) is 12.1. The predicted molar refractivity (Wildman–Crippen MR) is 145 cm³/mol. The lowest BCUT2D eigenvalue weighted by Gasteiger charge is -2.37. The van der Waals surface area contributed by atoms with Gasteiger partial charge >= 0.3 is 0 Å². The molecule has 10 heteroatoms. The Morgan fingerprint density at radius 2 is 1.76 bits per heavy atom. The highest BCUT2D eigenvalue weighted by molar-refractivity contribution is 7.89. The number of methoxy groups -OCH3 is 1. The van der Waals surface area contributed by atoms with Crippen LogP contribution < -0.4 is 10.1 Å². The molecule has 1 amide bonds. The number of carbonyl (C=O) groups is 1. The standard InChI is InChI=1S/C28H40FN3O5S/c1-31(2)28(23-6-5-7-24(29)18-23)22-10-8-21(9-11-22)19-30-27(33)20-37-17-16-32(3)38(34,35)26-14-12-25(36-4)13-15-26/h5-7,12-15,18,21-22,28H,8-11,16-17,19-20H2,1-4H3,(H,30,33). The number of nitrogens with zero attached hydrogens (tertiary/aromatic N) is 2. The number of carbonyl (C=O) groups excluding carboxylic acids is 1. The summed E-state index contributed by atoms with van der Waals surface area (Å²) in [6.45, 7) is 0.710. The van der Waals surface area contributed by atoms with Gasteiger partial charge in [-0.1, -0.05) is 12.1 Å². The fourth-order valence-corrected chi connectivity index (χ4v) is 6.26. The van der Waals surface area contributed by atoms with Gasteiger partial charge in [0.2, 0.25) is 15.9 Å². The highest BCUT2D eigenvalue weighted by atomic mass is 32.2. The van der Waals surface area contributed by atoms with Crippen molar-refractivity contribution in [1.29, 1.82) is 0 Å². The van der Waals surface area contributed by atoms with Gasteiger partial charge in [0.1, 0.15) is 18.2 Å². The van der Waals surface area contributed by atoms with E-state index in [2.05, 4.69) is 10.2 Å². The van der Waals surface area contributed by atoms with Crippen LogP contribution >= 0.6 is 0 Å². The molecule has 0 aromatic heterocycles. The summed E-state index contributed by atoms with van der Waals surface area (Å²) >= 11 is 0. The Balaban J connectivity index is 1.35. The molecule has 2 aromatic carbocycles. The topological polar surface area (TPSA) is 88.2 Å². The predicted octanol–water partition coefficient (Wildman–Crippen LogP) is 3.70. The van der Waals surface area contributed by atoms with E-state index in [-0.39, 0.29) is 42.4 Å². The zero-order valence-electron chi connectivity index (χ0n) is 22.7. The third kappa shape index (κ3) is 8.23. The average Bonchev–Trinajstić information content (AvgIpc) is 2.90. The van der Waals surface area contributed by atoms with E-state index in [9.17, 15) is 17.6 Å². The second-order valence-electron chi connectivity index (χ2n) is 10.1. The monoisotopic (exact) mass is 549 g/mol. The summed E-state index contributed by atoms with van der Waals surface area (Å²) in [5, 5.41) is 2.95. The smallest absolute Gasteiger partial charge is 0.246 e. The Morgan fingerprint density at radius 3 is 2.37 bits per heavy atom. The Morgan fingerprint density at radius 1 is 1.08 bits per heavy atom. The van der Waals surface area contributed by atoms with Crippen LogP contribution in [0, 0.1) is 17.7 Å². The first kappa shape index (κ1) is 30.0.